The molecular weight excluding hydrogens is 724 g/mol. The molecule has 0 N–H and O–H groups in total. The van der Waals surface area contributed by atoms with Crippen molar-refractivity contribution in [2.24, 2.45) is 0 Å². The number of hydrogen-bond acceptors (Lipinski definition) is 4. The van der Waals surface area contributed by atoms with Crippen LogP contribution < -0.4 is 15.0 Å². The van der Waals surface area contributed by atoms with Crippen molar-refractivity contribution in [1.82, 2.24) is 14.8 Å². The van der Waals surface area contributed by atoms with E-state index in [2.05, 4.69) is 93.2 Å². The van der Waals surface area contributed by atoms with E-state index in [0.29, 0.717) is 17.4 Å². The van der Waals surface area contributed by atoms with Crippen LogP contribution in [0.2, 0.25) is 0 Å². The molecular formula is C36H30BN5OPt. The molecule has 0 saturated carbocycles. The monoisotopic (exact) mass is 754 g/mol. The summed E-state index contributed by atoms with van der Waals surface area (Å²) in [6.45, 7) is 8.83. The Bertz CT molecular complexity index is 2020. The minimum atomic E-state index is -0.252. The van der Waals surface area contributed by atoms with Gasteiger partial charge in [-0.1, -0.05) is 92.2 Å². The summed E-state index contributed by atoms with van der Waals surface area (Å²) in [5, 5.41) is 11.4. The Kier molecular flexibility index (Phi) is 6.80. The molecule has 2 aliphatic heterocycles. The fourth-order valence-electron chi connectivity index (χ4n) is 6.39. The largest absolute Gasteiger partial charge is 2.00 e. The summed E-state index contributed by atoms with van der Waals surface area (Å²) >= 11 is 0. The van der Waals surface area contributed by atoms with Gasteiger partial charge in [0.05, 0.1) is 5.52 Å². The molecule has 1 saturated heterocycles. The van der Waals surface area contributed by atoms with Crippen LogP contribution in [0.1, 0.15) is 27.7 Å². The number of anilines is 1. The smallest absolute Gasteiger partial charge is 0.657 e. The molecule has 6 nitrogen and oxygen atoms in total. The van der Waals surface area contributed by atoms with Gasteiger partial charge in [-0.25, -0.2) is 4.68 Å². The molecule has 4 aromatic carbocycles. The van der Waals surface area contributed by atoms with Gasteiger partial charge >= 0.3 is 21.1 Å². The first kappa shape index (κ1) is 28.6. The number of aromatic nitrogens is 3. The van der Waals surface area contributed by atoms with E-state index in [1.807, 2.05) is 59.3 Å². The van der Waals surface area contributed by atoms with Gasteiger partial charge in [-0.2, -0.15) is 21.6 Å². The Labute approximate surface area is 272 Å². The third-order valence-corrected chi connectivity index (χ3v) is 9.23. The van der Waals surface area contributed by atoms with Crippen molar-refractivity contribution in [2.75, 3.05) is 4.81 Å². The zero-order valence-electron chi connectivity index (χ0n) is 24.9. The van der Waals surface area contributed by atoms with Crippen molar-refractivity contribution in [3.8, 4) is 39.8 Å². The van der Waals surface area contributed by atoms with E-state index >= 15 is 0 Å². The quantitative estimate of drug-likeness (QED) is 0.136. The summed E-state index contributed by atoms with van der Waals surface area (Å²) in [5.41, 5.74) is 7.09. The summed E-state index contributed by atoms with van der Waals surface area (Å²) in [4.78, 5) is 7.32. The van der Waals surface area contributed by atoms with Crippen molar-refractivity contribution >= 4 is 29.0 Å². The Morgan fingerprint density at radius 1 is 0.773 bits per heavy atom. The molecule has 0 amide bonds. The number of nitrogens with zero attached hydrogens (tertiary/aromatic N) is 5. The number of rotatable bonds is 4. The van der Waals surface area contributed by atoms with Crippen LogP contribution in [0.4, 0.5) is 5.69 Å². The van der Waals surface area contributed by atoms with Crippen molar-refractivity contribution in [3.05, 3.63) is 120 Å². The van der Waals surface area contributed by atoms with E-state index in [1.54, 1.807) is 0 Å². The van der Waals surface area contributed by atoms with Gasteiger partial charge in [-0.05, 0) is 32.0 Å². The summed E-state index contributed by atoms with van der Waals surface area (Å²) in [5.74, 6) is 1.77. The topological polar surface area (TPSA) is 57.3 Å². The van der Waals surface area contributed by atoms with Gasteiger partial charge in [-0.3, -0.25) is 0 Å². The van der Waals surface area contributed by atoms with E-state index in [-0.39, 0.29) is 39.1 Å². The molecule has 2 aromatic heterocycles. The Balaban J connectivity index is 0.00000312. The molecule has 6 aromatic rings. The minimum Gasteiger partial charge on any atom is -0.657 e. The molecule has 0 atom stereocenters. The first-order chi connectivity index (χ1) is 20.8. The van der Waals surface area contributed by atoms with Crippen LogP contribution in [-0.2, 0) is 21.1 Å². The minimum absolute atomic E-state index is 0. The van der Waals surface area contributed by atoms with Crippen LogP contribution in [0.5, 0.6) is 11.6 Å². The van der Waals surface area contributed by atoms with Crippen LogP contribution >= 0.6 is 0 Å². The summed E-state index contributed by atoms with van der Waals surface area (Å²) < 4.78 is 8.27. The molecule has 8 heteroatoms. The first-order valence-electron chi connectivity index (χ1n) is 14.7. The molecule has 218 valence electrons. The van der Waals surface area contributed by atoms with Gasteiger partial charge in [0.15, 0.2) is 5.82 Å². The fraction of sp³-hybridized carbons (Fsp3) is 0.167. The van der Waals surface area contributed by atoms with Crippen LogP contribution in [0, 0.1) is 6.07 Å². The maximum absolute atomic E-state index is 6.38. The van der Waals surface area contributed by atoms with E-state index < -0.39 is 0 Å². The van der Waals surface area contributed by atoms with Crippen molar-refractivity contribution in [3.63, 3.8) is 0 Å². The molecule has 4 heterocycles. The molecule has 8 rings (SSSR count). The predicted octanol–water partition coefficient (Wildman–Crippen LogP) is 7.80. The number of fused-ring (bicyclic) bond motifs is 7. The van der Waals surface area contributed by atoms with E-state index in [9.17, 15) is 0 Å². The Morgan fingerprint density at radius 3 is 2.36 bits per heavy atom. The molecule has 0 unspecified atom stereocenters. The van der Waals surface area contributed by atoms with E-state index in [4.69, 9.17) is 20.0 Å². The van der Waals surface area contributed by atoms with E-state index in [0.717, 1.165) is 33.2 Å². The van der Waals surface area contributed by atoms with E-state index in [1.165, 1.54) is 11.3 Å². The number of benzene rings is 4. The Hall–Kier alpha value is -4.19. The number of pyridine rings is 1. The van der Waals surface area contributed by atoms with Gasteiger partial charge < -0.3 is 14.8 Å². The van der Waals surface area contributed by atoms with Crippen molar-refractivity contribution < 1.29 is 25.8 Å². The number of para-hydroxylation sites is 2. The van der Waals surface area contributed by atoms with Crippen molar-refractivity contribution in [1.29, 1.82) is 0 Å². The standard InChI is InChI=1S/C36H30BN5O.Pt/c1-35(2)36(3,4)42-31-18-11-8-15-27(31)26-22-21-25(23-29(26)37(42)40-35)43-33-20-12-19-32(38-33)41-30-17-10-9-16-28(30)34(39-41)24-13-6-5-7-14-24;/h5-22H,1-4H3;/q-2;+2. The van der Waals surface area contributed by atoms with Crippen LogP contribution in [0.15, 0.2) is 109 Å². The maximum Gasteiger partial charge on any atom is 2.00 e. The zero-order valence-corrected chi connectivity index (χ0v) is 27.2. The summed E-state index contributed by atoms with van der Waals surface area (Å²) in [7, 11) is 0. The molecule has 44 heavy (non-hydrogen) atoms. The third-order valence-electron chi connectivity index (χ3n) is 9.23. The number of ether oxygens (including phenoxy) is 1. The van der Waals surface area contributed by atoms with Crippen LogP contribution in [-0.4, -0.2) is 32.8 Å². The molecule has 0 bridgehead atoms. The van der Waals surface area contributed by atoms with Gasteiger partial charge in [0.2, 0.25) is 5.88 Å². The second-order valence-corrected chi connectivity index (χ2v) is 12.2. The van der Waals surface area contributed by atoms with Gasteiger partial charge in [0, 0.05) is 34.0 Å². The first-order valence-corrected chi connectivity index (χ1v) is 14.7. The predicted molar refractivity (Wildman–Crippen MR) is 174 cm³/mol. The molecule has 2 aliphatic rings. The van der Waals surface area contributed by atoms with Crippen LogP contribution in [0.3, 0.4) is 0 Å². The van der Waals surface area contributed by atoms with Gasteiger partial charge in [0.25, 0.3) is 0 Å². The second-order valence-electron chi connectivity index (χ2n) is 12.2. The molecule has 1 fully saturated rings. The zero-order chi connectivity index (χ0) is 29.3. The van der Waals surface area contributed by atoms with Gasteiger partial charge in [-0.15, -0.1) is 23.2 Å². The van der Waals surface area contributed by atoms with Crippen LogP contribution in [0.25, 0.3) is 44.3 Å². The number of hydrogen-bond donors (Lipinski definition) is 0. The van der Waals surface area contributed by atoms with Crippen molar-refractivity contribution in [2.45, 2.75) is 38.8 Å². The SMILES string of the molecule is CC1(C)[N-]B2c3[c-]c(Oc4cccc(-n5nc(-c6ccccc6)c6ccccc65)n4)ccc3-c3ccccc3N2C1(C)C.[Pt+2]. The summed E-state index contributed by atoms with van der Waals surface area (Å²) in [6.07, 6.45) is 0. The molecule has 0 radical (unpaired) electrons. The average molecular weight is 755 g/mol. The summed E-state index contributed by atoms with van der Waals surface area (Å²) in [6, 6.07) is 40.5. The molecule has 0 aliphatic carbocycles. The normalized spacial score (nSPS) is 15.7. The maximum atomic E-state index is 6.38. The third kappa shape index (κ3) is 4.33. The molecule has 0 spiro atoms. The second kappa shape index (κ2) is 10.5. The fourth-order valence-corrected chi connectivity index (χ4v) is 6.39. The Morgan fingerprint density at radius 2 is 1.52 bits per heavy atom. The van der Waals surface area contributed by atoms with Gasteiger partial charge in [0.1, 0.15) is 12.7 Å². The average Bonchev–Trinajstić information content (AvgIpc) is 3.50.